The zero-order valence-corrected chi connectivity index (χ0v) is 19.7. The molecule has 3 N–H and O–H groups in total. The predicted octanol–water partition coefficient (Wildman–Crippen LogP) is 3.83. The first-order valence-corrected chi connectivity index (χ1v) is 11.8. The lowest BCUT2D eigenvalue weighted by Gasteiger charge is -2.21. The number of anilines is 2. The topological polar surface area (TPSA) is 108 Å². The quantitative estimate of drug-likeness (QED) is 0.484. The third kappa shape index (κ3) is 4.28. The highest BCUT2D eigenvalue weighted by Gasteiger charge is 2.40. The van der Waals surface area contributed by atoms with E-state index in [9.17, 15) is 4.79 Å². The Bertz CT molecular complexity index is 1140. The summed E-state index contributed by atoms with van der Waals surface area (Å²) in [6, 6.07) is 7.69. The molecule has 1 aliphatic carbocycles. The van der Waals surface area contributed by atoms with E-state index in [1.165, 1.54) is 0 Å². The summed E-state index contributed by atoms with van der Waals surface area (Å²) in [4.78, 5) is 27.1. The molecule has 3 atom stereocenters. The van der Waals surface area contributed by atoms with E-state index in [4.69, 9.17) is 21.0 Å². The van der Waals surface area contributed by atoms with Crippen LogP contribution in [0.5, 0.6) is 0 Å². The summed E-state index contributed by atoms with van der Waals surface area (Å²) < 4.78 is 5.77. The number of benzene rings is 1. The molecule has 10 heteroatoms. The molecule has 0 bridgehead atoms. The van der Waals surface area contributed by atoms with Gasteiger partial charge in [-0.05, 0) is 38.8 Å². The average Bonchev–Trinajstić information content (AvgIpc) is 3.49. The molecule has 1 aromatic carbocycles. The summed E-state index contributed by atoms with van der Waals surface area (Å²) in [7, 11) is 1.93. The van der Waals surface area contributed by atoms with E-state index >= 15 is 0 Å². The van der Waals surface area contributed by atoms with Crippen LogP contribution in [0.15, 0.2) is 28.7 Å². The number of para-hydroxylation sites is 2. The first kappa shape index (κ1) is 22.1. The van der Waals surface area contributed by atoms with Crippen molar-refractivity contribution in [2.75, 3.05) is 12.4 Å². The lowest BCUT2D eigenvalue weighted by molar-refractivity contribution is 0.0934. The van der Waals surface area contributed by atoms with Crippen LogP contribution in [0.3, 0.4) is 0 Å². The molecule has 2 aromatic heterocycles. The minimum absolute atomic E-state index is 0.0612. The first-order valence-electron chi connectivity index (χ1n) is 11.4. The SMILES string of the molecule is Cc1nc(Nc2nc3ccccc3o2)nc(C2NN(C)C(C)C2Cl)c1C(=O)NC1CCCC1. The number of aromatic nitrogens is 3. The molecule has 3 aromatic rings. The number of carbonyl (C=O) groups is 1. The van der Waals surface area contributed by atoms with E-state index in [1.807, 2.05) is 50.2 Å². The molecule has 1 aliphatic heterocycles. The Morgan fingerprint density at radius 2 is 1.97 bits per heavy atom. The van der Waals surface area contributed by atoms with Crippen molar-refractivity contribution in [2.45, 2.75) is 63.0 Å². The molecule has 3 unspecified atom stereocenters. The maximum Gasteiger partial charge on any atom is 0.302 e. The fourth-order valence-corrected chi connectivity index (χ4v) is 4.96. The largest absolute Gasteiger partial charge is 0.423 e. The number of fused-ring (bicyclic) bond motifs is 1. The summed E-state index contributed by atoms with van der Waals surface area (Å²) in [5, 5.41) is 7.90. The van der Waals surface area contributed by atoms with E-state index in [0.29, 0.717) is 28.5 Å². The zero-order chi connectivity index (χ0) is 23.1. The third-order valence-electron chi connectivity index (χ3n) is 6.58. The number of carbonyl (C=O) groups excluding carboxylic acids is 1. The van der Waals surface area contributed by atoms with Crippen LogP contribution in [0.1, 0.15) is 60.4 Å². The second-order valence-electron chi connectivity index (χ2n) is 8.86. The maximum absolute atomic E-state index is 13.3. The lowest BCUT2D eigenvalue weighted by atomic mass is 10.0. The first-order chi connectivity index (χ1) is 15.9. The van der Waals surface area contributed by atoms with Gasteiger partial charge in [0.25, 0.3) is 5.91 Å². The summed E-state index contributed by atoms with van der Waals surface area (Å²) in [5.41, 5.74) is 6.36. The van der Waals surface area contributed by atoms with Gasteiger partial charge in [0.1, 0.15) is 5.52 Å². The number of rotatable bonds is 5. The standard InChI is InChI=1S/C23H28ClN7O2/c1-12-17(21(32)26-14-8-4-5-9-14)19(20-18(24)13(2)31(3)30-20)28-22(25-12)29-23-27-15-10-6-7-11-16(15)33-23/h6-7,10-11,13-14,18,20,30H,4-5,8-9H2,1-3H3,(H,26,32)(H,25,27,28,29). The Hall–Kier alpha value is -2.75. The Labute approximate surface area is 197 Å². The van der Waals surface area contributed by atoms with Gasteiger partial charge in [-0.3, -0.25) is 10.1 Å². The Morgan fingerprint density at radius 1 is 1.21 bits per heavy atom. The van der Waals surface area contributed by atoms with E-state index in [1.54, 1.807) is 0 Å². The molecule has 5 rings (SSSR count). The number of amides is 1. The molecule has 174 valence electrons. The summed E-state index contributed by atoms with van der Waals surface area (Å²) in [6.07, 6.45) is 4.27. The van der Waals surface area contributed by atoms with E-state index < -0.39 is 0 Å². The van der Waals surface area contributed by atoms with Crippen molar-refractivity contribution in [1.29, 1.82) is 0 Å². The number of halogens is 1. The molecule has 1 saturated heterocycles. The molecule has 33 heavy (non-hydrogen) atoms. The summed E-state index contributed by atoms with van der Waals surface area (Å²) in [5.74, 6) is 0.148. The fraction of sp³-hybridized carbons (Fsp3) is 0.478. The Kier molecular flexibility index (Phi) is 5.94. The average molecular weight is 470 g/mol. The monoisotopic (exact) mass is 469 g/mol. The molecule has 9 nitrogen and oxygen atoms in total. The Morgan fingerprint density at radius 3 is 2.67 bits per heavy atom. The molecule has 2 aliphatic rings. The van der Waals surface area contributed by atoms with Gasteiger partial charge in [0.15, 0.2) is 5.58 Å². The second-order valence-corrected chi connectivity index (χ2v) is 9.37. The van der Waals surface area contributed by atoms with E-state index in [-0.39, 0.29) is 35.4 Å². The van der Waals surface area contributed by atoms with Crippen molar-refractivity contribution in [3.8, 4) is 0 Å². The smallest absolute Gasteiger partial charge is 0.302 e. The van der Waals surface area contributed by atoms with Crippen molar-refractivity contribution in [3.05, 3.63) is 41.2 Å². The number of hydrazine groups is 1. The van der Waals surface area contributed by atoms with Crippen molar-refractivity contribution in [2.24, 2.45) is 0 Å². The predicted molar refractivity (Wildman–Crippen MR) is 127 cm³/mol. The highest BCUT2D eigenvalue weighted by Crippen LogP contribution is 2.34. The Balaban J connectivity index is 1.51. The van der Waals surface area contributed by atoms with Gasteiger partial charge >= 0.3 is 6.01 Å². The number of hydrogen-bond acceptors (Lipinski definition) is 8. The summed E-state index contributed by atoms with van der Waals surface area (Å²) >= 11 is 6.78. The number of nitrogens with zero attached hydrogens (tertiary/aromatic N) is 4. The molecular formula is C23H28ClN7O2. The number of aryl methyl sites for hydroxylation is 1. The molecular weight excluding hydrogens is 442 g/mol. The van der Waals surface area contributed by atoms with Gasteiger partial charge in [0, 0.05) is 19.1 Å². The van der Waals surface area contributed by atoms with Crippen LogP contribution in [0, 0.1) is 6.92 Å². The number of oxazole rings is 1. The van der Waals surface area contributed by atoms with Crippen molar-refractivity contribution < 1.29 is 9.21 Å². The van der Waals surface area contributed by atoms with Gasteiger partial charge in [-0.15, -0.1) is 11.6 Å². The van der Waals surface area contributed by atoms with Gasteiger partial charge in [-0.2, -0.15) is 4.98 Å². The number of alkyl halides is 1. The van der Waals surface area contributed by atoms with Gasteiger partial charge in [-0.25, -0.2) is 20.4 Å². The van der Waals surface area contributed by atoms with Crippen LogP contribution in [0.25, 0.3) is 11.1 Å². The van der Waals surface area contributed by atoms with Crippen LogP contribution in [0.2, 0.25) is 0 Å². The molecule has 3 heterocycles. The lowest BCUT2D eigenvalue weighted by Crippen LogP contribution is -2.36. The number of nitrogens with one attached hydrogen (secondary N) is 3. The minimum atomic E-state index is -0.345. The van der Waals surface area contributed by atoms with Crippen molar-refractivity contribution in [1.82, 2.24) is 30.7 Å². The zero-order valence-electron chi connectivity index (χ0n) is 18.9. The highest BCUT2D eigenvalue weighted by molar-refractivity contribution is 6.21. The molecule has 1 amide bonds. The highest BCUT2D eigenvalue weighted by atomic mass is 35.5. The van der Waals surface area contributed by atoms with Crippen molar-refractivity contribution >= 4 is 40.6 Å². The van der Waals surface area contributed by atoms with Crippen LogP contribution >= 0.6 is 11.6 Å². The minimum Gasteiger partial charge on any atom is -0.423 e. The van der Waals surface area contributed by atoms with Crippen LogP contribution in [-0.2, 0) is 0 Å². The fourth-order valence-electron chi connectivity index (χ4n) is 4.62. The van der Waals surface area contributed by atoms with Crippen molar-refractivity contribution in [3.63, 3.8) is 0 Å². The molecule has 2 fully saturated rings. The van der Waals surface area contributed by atoms with Crippen LogP contribution in [-0.4, -0.2) is 50.4 Å². The van der Waals surface area contributed by atoms with E-state index in [0.717, 1.165) is 31.2 Å². The molecule has 0 radical (unpaired) electrons. The number of hydrogen-bond donors (Lipinski definition) is 3. The third-order valence-corrected chi connectivity index (χ3v) is 7.19. The summed E-state index contributed by atoms with van der Waals surface area (Å²) in [6.45, 7) is 3.85. The normalized spacial score (nSPS) is 23.9. The van der Waals surface area contributed by atoms with Crippen LogP contribution < -0.4 is 16.1 Å². The molecule has 0 spiro atoms. The van der Waals surface area contributed by atoms with Gasteiger partial charge in [-0.1, -0.05) is 25.0 Å². The van der Waals surface area contributed by atoms with Gasteiger partial charge in [0.2, 0.25) is 5.95 Å². The van der Waals surface area contributed by atoms with E-state index in [2.05, 4.69) is 26.0 Å². The van der Waals surface area contributed by atoms with Gasteiger partial charge < -0.3 is 9.73 Å². The maximum atomic E-state index is 13.3. The van der Waals surface area contributed by atoms with Gasteiger partial charge in [0.05, 0.1) is 28.4 Å². The molecule has 1 saturated carbocycles. The second kappa shape index (κ2) is 8.89. The van der Waals surface area contributed by atoms with Crippen LogP contribution in [0.4, 0.5) is 12.0 Å².